The van der Waals surface area contributed by atoms with Crippen LogP contribution >= 0.6 is 0 Å². The van der Waals surface area contributed by atoms with Crippen LogP contribution in [0.2, 0.25) is 0 Å². The van der Waals surface area contributed by atoms with E-state index in [1.165, 1.54) is 64.2 Å². The van der Waals surface area contributed by atoms with E-state index in [0.29, 0.717) is 37.3 Å². The van der Waals surface area contributed by atoms with Crippen LogP contribution < -0.4 is 0 Å². The molecule has 4 unspecified atom stereocenters. The van der Waals surface area contributed by atoms with E-state index in [2.05, 4.69) is 38.2 Å². The van der Waals surface area contributed by atoms with Crippen molar-refractivity contribution in [2.24, 2.45) is 0 Å². The maximum Gasteiger partial charge on any atom is 0.305 e. The number of carbonyl (C=O) groups is 2. The van der Waals surface area contributed by atoms with Gasteiger partial charge >= 0.3 is 11.9 Å². The van der Waals surface area contributed by atoms with Crippen molar-refractivity contribution < 1.29 is 33.6 Å². The number of esters is 2. The van der Waals surface area contributed by atoms with Gasteiger partial charge in [-0.05, 0) is 64.2 Å². The molecule has 0 amide bonds. The van der Waals surface area contributed by atoms with Crippen molar-refractivity contribution in [2.75, 3.05) is 13.2 Å². The quantitative estimate of drug-likeness (QED) is 0.0336. The number of unbranched alkanes of at least 4 members (excludes halogenated alkanes) is 14. The molecule has 2 rings (SSSR count). The third-order valence-corrected chi connectivity index (χ3v) is 9.01. The van der Waals surface area contributed by atoms with Gasteiger partial charge in [-0.2, -0.15) is 0 Å². The van der Waals surface area contributed by atoms with Crippen molar-refractivity contribution >= 4 is 11.9 Å². The van der Waals surface area contributed by atoms with Crippen LogP contribution in [0.5, 0.6) is 0 Å². The molecule has 7 nitrogen and oxygen atoms in total. The number of hydrogen-bond donors (Lipinski definition) is 1. The van der Waals surface area contributed by atoms with Gasteiger partial charge < -0.3 is 24.1 Å². The Hall–Kier alpha value is -1.70. The molecular weight excluding hydrogens is 580 g/mol. The van der Waals surface area contributed by atoms with Gasteiger partial charge in [-0.15, -0.1) is 0 Å². The Bertz CT molecular complexity index is 759. The van der Waals surface area contributed by atoms with Crippen molar-refractivity contribution in [3.8, 4) is 0 Å². The topological polar surface area (TPSA) is 97.9 Å². The lowest BCUT2D eigenvalue weighted by Gasteiger charge is -2.12. The van der Waals surface area contributed by atoms with Crippen LogP contribution in [0.25, 0.3) is 0 Å². The molecule has 0 aromatic carbocycles. The summed E-state index contributed by atoms with van der Waals surface area (Å²) in [4.78, 5) is 23.9. The zero-order chi connectivity index (χ0) is 33.1. The third kappa shape index (κ3) is 22.8. The number of epoxide rings is 2. The molecule has 2 aliphatic rings. The second-order valence-electron chi connectivity index (χ2n) is 13.5. The first-order valence-corrected chi connectivity index (χ1v) is 19.1. The number of aliphatic hydroxyl groups is 1. The number of hydrogen-bond acceptors (Lipinski definition) is 7. The molecular formula is C39H68O7. The summed E-state index contributed by atoms with van der Waals surface area (Å²) in [5.41, 5.74) is 0. The van der Waals surface area contributed by atoms with Crippen molar-refractivity contribution in [3.63, 3.8) is 0 Å². The van der Waals surface area contributed by atoms with Crippen LogP contribution in [-0.4, -0.2) is 60.8 Å². The van der Waals surface area contributed by atoms with E-state index in [0.717, 1.165) is 77.0 Å². The van der Waals surface area contributed by atoms with Gasteiger partial charge in [0.2, 0.25) is 0 Å². The molecule has 2 fully saturated rings. The first-order valence-electron chi connectivity index (χ1n) is 19.1. The first-order chi connectivity index (χ1) is 22.5. The van der Waals surface area contributed by atoms with Gasteiger partial charge in [0.1, 0.15) is 19.3 Å². The minimum atomic E-state index is -0.981. The molecule has 0 aromatic heterocycles. The highest BCUT2D eigenvalue weighted by atomic mass is 16.6. The van der Waals surface area contributed by atoms with Gasteiger partial charge in [0.05, 0.1) is 24.4 Å². The van der Waals surface area contributed by atoms with Crippen LogP contribution in [0, 0.1) is 0 Å². The Morgan fingerprint density at radius 2 is 0.978 bits per heavy atom. The molecule has 0 spiro atoms. The molecule has 0 aromatic rings. The lowest BCUT2D eigenvalue weighted by molar-refractivity contribution is -0.152. The van der Waals surface area contributed by atoms with Crippen molar-refractivity contribution in [1.82, 2.24) is 0 Å². The minimum Gasteiger partial charge on any atom is -0.463 e. The lowest BCUT2D eigenvalue weighted by atomic mass is 10.1. The van der Waals surface area contributed by atoms with E-state index in [1.807, 2.05) is 0 Å². The molecule has 7 heteroatoms. The number of rotatable bonds is 32. The summed E-state index contributed by atoms with van der Waals surface area (Å²) in [7, 11) is 0. The highest BCUT2D eigenvalue weighted by molar-refractivity contribution is 5.69. The number of ether oxygens (including phenoxy) is 4. The normalized spacial score (nSPS) is 21.2. The zero-order valence-corrected chi connectivity index (χ0v) is 29.5. The smallest absolute Gasteiger partial charge is 0.305 e. The second-order valence-corrected chi connectivity index (χ2v) is 13.5. The molecule has 4 atom stereocenters. The van der Waals surface area contributed by atoms with Crippen molar-refractivity contribution in [3.05, 3.63) is 24.3 Å². The molecule has 2 saturated heterocycles. The van der Waals surface area contributed by atoms with E-state index in [4.69, 9.17) is 18.9 Å². The van der Waals surface area contributed by atoms with Crippen molar-refractivity contribution in [2.45, 2.75) is 198 Å². The van der Waals surface area contributed by atoms with E-state index in [-0.39, 0.29) is 25.2 Å². The van der Waals surface area contributed by atoms with Crippen LogP contribution in [0.1, 0.15) is 168 Å². The first kappa shape index (κ1) is 40.5. The van der Waals surface area contributed by atoms with E-state index in [1.54, 1.807) is 0 Å². The van der Waals surface area contributed by atoms with E-state index in [9.17, 15) is 14.7 Å². The number of carbonyl (C=O) groups excluding carboxylic acids is 2. The molecule has 0 saturated carbocycles. The Morgan fingerprint density at radius 3 is 1.41 bits per heavy atom. The summed E-state index contributed by atoms with van der Waals surface area (Å²) in [6, 6.07) is 0. The summed E-state index contributed by atoms with van der Waals surface area (Å²) in [6.07, 6.45) is 35.7. The van der Waals surface area contributed by atoms with Crippen LogP contribution in [0.15, 0.2) is 24.3 Å². The average Bonchev–Trinajstić information content (AvgIpc) is 3.98. The predicted molar refractivity (Wildman–Crippen MR) is 186 cm³/mol. The Kier molecular flexibility index (Phi) is 24.0. The molecule has 266 valence electrons. The average molecular weight is 649 g/mol. The van der Waals surface area contributed by atoms with Crippen LogP contribution in [0.3, 0.4) is 0 Å². The standard InChI is InChI=1S/C39H68O7/c1-3-5-19-25-34-36(45-34)27-21-15-11-7-9-13-17-23-29-38(41)43-31-33(40)32-44-39(42)30-24-18-14-10-8-12-16-22-28-37-35(46-37)26-20-6-4-2/h15-16,21-22,33-37,40H,3-14,17-20,23-32H2,1-2H3. The summed E-state index contributed by atoms with van der Waals surface area (Å²) in [6.45, 7) is 4.20. The maximum atomic E-state index is 12.0. The maximum absolute atomic E-state index is 12.0. The monoisotopic (exact) mass is 648 g/mol. The van der Waals surface area contributed by atoms with E-state index < -0.39 is 6.10 Å². The van der Waals surface area contributed by atoms with Gasteiger partial charge in [0.25, 0.3) is 0 Å². The zero-order valence-electron chi connectivity index (χ0n) is 29.5. The molecule has 0 radical (unpaired) electrons. The SMILES string of the molecule is CCCCCC1OC1CC=CCCCCCCCC(=O)OCC(O)COC(=O)CCCCCCCC=CCC1OC1CCCCC. The van der Waals surface area contributed by atoms with Gasteiger partial charge in [0.15, 0.2) is 0 Å². The molecule has 2 heterocycles. The summed E-state index contributed by atoms with van der Waals surface area (Å²) >= 11 is 0. The van der Waals surface area contributed by atoms with Gasteiger partial charge in [-0.3, -0.25) is 9.59 Å². The van der Waals surface area contributed by atoms with E-state index >= 15 is 0 Å². The third-order valence-electron chi connectivity index (χ3n) is 9.01. The van der Waals surface area contributed by atoms with Gasteiger partial charge in [-0.25, -0.2) is 0 Å². The second kappa shape index (κ2) is 27.3. The fraction of sp³-hybridized carbons (Fsp3) is 0.846. The fourth-order valence-electron chi connectivity index (χ4n) is 5.86. The number of allylic oxidation sites excluding steroid dienone is 2. The van der Waals surface area contributed by atoms with Gasteiger partial charge in [0, 0.05) is 12.8 Å². The Morgan fingerprint density at radius 1 is 0.565 bits per heavy atom. The molecule has 46 heavy (non-hydrogen) atoms. The van der Waals surface area contributed by atoms with Crippen LogP contribution in [0.4, 0.5) is 0 Å². The lowest BCUT2D eigenvalue weighted by Crippen LogP contribution is -2.25. The molecule has 1 N–H and O–H groups in total. The fourth-order valence-corrected chi connectivity index (χ4v) is 5.86. The predicted octanol–water partition coefficient (Wildman–Crippen LogP) is 9.48. The largest absolute Gasteiger partial charge is 0.463 e. The summed E-state index contributed by atoms with van der Waals surface area (Å²) in [5.74, 6) is -0.607. The number of aliphatic hydroxyl groups excluding tert-OH is 1. The van der Waals surface area contributed by atoms with Gasteiger partial charge in [-0.1, -0.05) is 115 Å². The summed E-state index contributed by atoms with van der Waals surface area (Å²) in [5, 5.41) is 10.0. The highest BCUT2D eigenvalue weighted by Gasteiger charge is 2.37. The minimum absolute atomic E-state index is 0.133. The Balaban J connectivity index is 1.28. The molecule has 0 bridgehead atoms. The highest BCUT2D eigenvalue weighted by Crippen LogP contribution is 2.31. The molecule has 2 aliphatic heterocycles. The summed E-state index contributed by atoms with van der Waals surface area (Å²) < 4.78 is 21.8. The van der Waals surface area contributed by atoms with Crippen LogP contribution in [-0.2, 0) is 28.5 Å². The molecule has 0 aliphatic carbocycles. The Labute approximate surface area is 281 Å². The van der Waals surface area contributed by atoms with Crippen molar-refractivity contribution in [1.29, 1.82) is 0 Å².